The molecule has 0 saturated heterocycles. The Labute approximate surface area is 144 Å². The molecule has 0 aliphatic heterocycles. The molecule has 5 heteroatoms. The van der Waals surface area contributed by atoms with Gasteiger partial charge in [0.2, 0.25) is 5.76 Å². The Balaban J connectivity index is 1.56. The van der Waals surface area contributed by atoms with Gasteiger partial charge in [-0.1, -0.05) is 47.6 Å². The summed E-state index contributed by atoms with van der Waals surface area (Å²) < 4.78 is 10.4. The number of furan rings is 1. The van der Waals surface area contributed by atoms with Gasteiger partial charge in [0, 0.05) is 6.07 Å². The number of amides is 1. The minimum Gasteiger partial charge on any atom is -0.461 e. The Morgan fingerprint density at radius 3 is 2.72 bits per heavy atom. The number of aromatic nitrogens is 1. The van der Waals surface area contributed by atoms with Gasteiger partial charge >= 0.3 is 0 Å². The fourth-order valence-electron chi connectivity index (χ4n) is 2.89. The molecule has 0 aliphatic carbocycles. The Hall–Kier alpha value is -3.34. The number of nitrogens with one attached hydrogen (secondary N) is 1. The maximum Gasteiger partial charge on any atom is 0.273 e. The van der Waals surface area contributed by atoms with Crippen molar-refractivity contribution >= 4 is 16.7 Å². The first-order valence-corrected chi connectivity index (χ1v) is 8.01. The number of fused-ring (bicyclic) bond motifs is 1. The lowest BCUT2D eigenvalue weighted by Gasteiger charge is -2.15. The van der Waals surface area contributed by atoms with Gasteiger partial charge < -0.3 is 14.3 Å². The van der Waals surface area contributed by atoms with Gasteiger partial charge in [-0.2, -0.15) is 0 Å². The molecule has 1 atom stereocenters. The van der Waals surface area contributed by atoms with E-state index in [0.29, 0.717) is 11.5 Å². The van der Waals surface area contributed by atoms with Gasteiger partial charge in [0.15, 0.2) is 11.5 Å². The lowest BCUT2D eigenvalue weighted by atomic mass is 9.99. The smallest absolute Gasteiger partial charge is 0.273 e. The van der Waals surface area contributed by atoms with Crippen LogP contribution in [0.1, 0.15) is 29.0 Å². The van der Waals surface area contributed by atoms with Crippen LogP contribution < -0.4 is 5.32 Å². The lowest BCUT2D eigenvalue weighted by Crippen LogP contribution is -2.27. The number of benzene rings is 2. The normalized spacial score (nSPS) is 12.2. The van der Waals surface area contributed by atoms with Crippen molar-refractivity contribution in [2.75, 3.05) is 0 Å². The van der Waals surface area contributed by atoms with E-state index < -0.39 is 0 Å². The number of hydrogen-bond donors (Lipinski definition) is 1. The molecule has 2 aromatic heterocycles. The molecule has 124 valence electrons. The predicted octanol–water partition coefficient (Wildman–Crippen LogP) is 4.58. The fourth-order valence-corrected chi connectivity index (χ4v) is 2.89. The van der Waals surface area contributed by atoms with Crippen LogP contribution in [0.3, 0.4) is 0 Å². The molecule has 2 heterocycles. The minimum atomic E-state index is -0.290. The largest absolute Gasteiger partial charge is 0.461 e. The average molecular weight is 332 g/mol. The van der Waals surface area contributed by atoms with E-state index in [2.05, 4.69) is 28.7 Å². The molecule has 1 amide bonds. The van der Waals surface area contributed by atoms with E-state index in [1.807, 2.05) is 31.2 Å². The van der Waals surface area contributed by atoms with Crippen LogP contribution in [-0.2, 0) is 0 Å². The first-order valence-electron chi connectivity index (χ1n) is 8.01. The molecular weight excluding hydrogens is 316 g/mol. The van der Waals surface area contributed by atoms with Crippen LogP contribution in [0.2, 0.25) is 0 Å². The zero-order valence-corrected chi connectivity index (χ0v) is 13.6. The number of nitrogens with zero attached hydrogens (tertiary/aromatic N) is 1. The van der Waals surface area contributed by atoms with Crippen molar-refractivity contribution in [2.45, 2.75) is 13.0 Å². The summed E-state index contributed by atoms with van der Waals surface area (Å²) in [7, 11) is 0. The quantitative estimate of drug-likeness (QED) is 0.594. The van der Waals surface area contributed by atoms with Crippen LogP contribution >= 0.6 is 0 Å². The molecular formula is C20H16N2O3. The van der Waals surface area contributed by atoms with Crippen LogP contribution in [-0.4, -0.2) is 11.1 Å². The maximum atomic E-state index is 12.5. The SMILES string of the molecule is CC(NC(=O)c1cc(-c2ccco2)on1)c1cccc2ccccc12. The topological polar surface area (TPSA) is 68.3 Å². The molecule has 25 heavy (non-hydrogen) atoms. The number of hydrogen-bond acceptors (Lipinski definition) is 4. The van der Waals surface area contributed by atoms with E-state index in [-0.39, 0.29) is 17.6 Å². The molecule has 0 fully saturated rings. The van der Waals surface area contributed by atoms with Crippen molar-refractivity contribution < 1.29 is 13.7 Å². The fraction of sp³-hybridized carbons (Fsp3) is 0.100. The highest BCUT2D eigenvalue weighted by atomic mass is 16.5. The van der Waals surface area contributed by atoms with Gasteiger partial charge in [0.05, 0.1) is 12.3 Å². The molecule has 2 aromatic carbocycles. The monoisotopic (exact) mass is 332 g/mol. The molecule has 5 nitrogen and oxygen atoms in total. The van der Waals surface area contributed by atoms with E-state index in [9.17, 15) is 4.79 Å². The summed E-state index contributed by atoms with van der Waals surface area (Å²) in [6.45, 7) is 1.95. The molecule has 4 rings (SSSR count). The second kappa shape index (κ2) is 6.28. The second-order valence-corrected chi connectivity index (χ2v) is 5.82. The summed E-state index contributed by atoms with van der Waals surface area (Å²) in [6.07, 6.45) is 1.54. The Morgan fingerprint density at radius 2 is 1.88 bits per heavy atom. The third-order valence-corrected chi connectivity index (χ3v) is 4.14. The Bertz CT molecular complexity index is 1010. The van der Waals surface area contributed by atoms with Crippen LogP contribution in [0.4, 0.5) is 0 Å². The van der Waals surface area contributed by atoms with Crippen molar-refractivity contribution in [2.24, 2.45) is 0 Å². The van der Waals surface area contributed by atoms with Gasteiger partial charge in [-0.25, -0.2) is 0 Å². The summed E-state index contributed by atoms with van der Waals surface area (Å²) in [5.74, 6) is 0.670. The zero-order valence-electron chi connectivity index (χ0n) is 13.6. The van der Waals surface area contributed by atoms with E-state index >= 15 is 0 Å². The van der Waals surface area contributed by atoms with Crippen LogP contribution in [0.5, 0.6) is 0 Å². The summed E-state index contributed by atoms with van der Waals surface area (Å²) in [6, 6.07) is 19.1. The van der Waals surface area contributed by atoms with Gasteiger partial charge in [-0.05, 0) is 35.4 Å². The molecule has 0 aliphatic rings. The number of carbonyl (C=O) groups is 1. The molecule has 0 spiro atoms. The Kier molecular flexibility index (Phi) is 3.82. The third kappa shape index (κ3) is 2.92. The summed E-state index contributed by atoms with van der Waals surface area (Å²) >= 11 is 0. The summed E-state index contributed by atoms with van der Waals surface area (Å²) in [5, 5.41) is 9.07. The highest BCUT2D eigenvalue weighted by Gasteiger charge is 2.18. The van der Waals surface area contributed by atoms with E-state index in [1.54, 1.807) is 24.5 Å². The maximum absolute atomic E-state index is 12.5. The number of rotatable bonds is 4. The van der Waals surface area contributed by atoms with E-state index in [1.165, 1.54) is 0 Å². The lowest BCUT2D eigenvalue weighted by molar-refractivity contribution is 0.0931. The van der Waals surface area contributed by atoms with Crippen molar-refractivity contribution in [1.82, 2.24) is 10.5 Å². The van der Waals surface area contributed by atoms with E-state index in [0.717, 1.165) is 16.3 Å². The summed E-state index contributed by atoms with van der Waals surface area (Å²) in [4.78, 5) is 12.5. The van der Waals surface area contributed by atoms with Crippen molar-refractivity contribution in [3.8, 4) is 11.5 Å². The molecule has 1 unspecified atom stereocenters. The van der Waals surface area contributed by atoms with Crippen LogP contribution in [0.15, 0.2) is 75.9 Å². The third-order valence-electron chi connectivity index (χ3n) is 4.14. The van der Waals surface area contributed by atoms with Gasteiger partial charge in [-0.3, -0.25) is 4.79 Å². The standard InChI is InChI=1S/C20H16N2O3/c1-13(15-9-4-7-14-6-2-3-8-16(14)15)21-20(23)17-12-19(25-22-17)18-10-5-11-24-18/h2-13H,1H3,(H,21,23). The average Bonchev–Trinajstić information content (AvgIpc) is 3.32. The highest BCUT2D eigenvalue weighted by molar-refractivity contribution is 5.94. The minimum absolute atomic E-state index is 0.164. The number of carbonyl (C=O) groups excluding carboxylic acids is 1. The van der Waals surface area contributed by atoms with E-state index in [4.69, 9.17) is 8.94 Å². The molecule has 1 N–H and O–H groups in total. The Morgan fingerprint density at radius 1 is 1.04 bits per heavy atom. The first kappa shape index (κ1) is 15.2. The van der Waals surface area contributed by atoms with Gasteiger partial charge in [0.25, 0.3) is 5.91 Å². The first-order chi connectivity index (χ1) is 12.2. The van der Waals surface area contributed by atoms with Crippen LogP contribution in [0, 0.1) is 0 Å². The zero-order chi connectivity index (χ0) is 17.2. The van der Waals surface area contributed by atoms with Crippen molar-refractivity contribution in [3.63, 3.8) is 0 Å². The van der Waals surface area contributed by atoms with Crippen molar-refractivity contribution in [1.29, 1.82) is 0 Å². The summed E-state index contributed by atoms with van der Waals surface area (Å²) in [5.41, 5.74) is 1.28. The van der Waals surface area contributed by atoms with Crippen molar-refractivity contribution in [3.05, 3.63) is 78.2 Å². The molecule has 0 saturated carbocycles. The second-order valence-electron chi connectivity index (χ2n) is 5.82. The predicted molar refractivity (Wildman–Crippen MR) is 94.0 cm³/mol. The highest BCUT2D eigenvalue weighted by Crippen LogP contribution is 2.25. The molecule has 0 radical (unpaired) electrons. The molecule has 4 aromatic rings. The van der Waals surface area contributed by atoms with Gasteiger partial charge in [-0.15, -0.1) is 0 Å². The molecule has 0 bridgehead atoms. The van der Waals surface area contributed by atoms with Gasteiger partial charge in [0.1, 0.15) is 0 Å². The van der Waals surface area contributed by atoms with Crippen LogP contribution in [0.25, 0.3) is 22.3 Å².